The molecule has 7 nitrogen and oxygen atoms in total. The van der Waals surface area contributed by atoms with Gasteiger partial charge in [-0.05, 0) is 61.2 Å². The molecule has 0 spiro atoms. The minimum Gasteiger partial charge on any atom is -0.349 e. The molecular formula is C33H28F9N3O4S. The lowest BCUT2D eigenvalue weighted by Gasteiger charge is -2.38. The van der Waals surface area contributed by atoms with Crippen molar-refractivity contribution in [1.82, 2.24) is 9.80 Å². The summed E-state index contributed by atoms with van der Waals surface area (Å²) in [5, 5.41) is 9.18. The molecule has 2 fully saturated rings. The van der Waals surface area contributed by atoms with Crippen molar-refractivity contribution in [3.63, 3.8) is 0 Å². The minimum absolute atomic E-state index is 0.175. The number of sulfone groups is 1. The number of hydrogen-bond acceptors (Lipinski definition) is 5. The number of ether oxygens (including phenoxy) is 1. The van der Waals surface area contributed by atoms with Gasteiger partial charge in [0.2, 0.25) is 0 Å². The molecule has 0 bridgehead atoms. The number of carbonyl (C=O) groups excluding carboxylic acids is 1. The van der Waals surface area contributed by atoms with E-state index in [1.807, 2.05) is 0 Å². The number of urea groups is 1. The van der Waals surface area contributed by atoms with Gasteiger partial charge in [-0.15, -0.1) is 0 Å². The Morgan fingerprint density at radius 2 is 1.40 bits per heavy atom. The maximum atomic E-state index is 14.5. The molecule has 0 N–H and O–H groups in total. The van der Waals surface area contributed by atoms with Crippen LogP contribution in [0.4, 0.5) is 44.3 Å². The first-order chi connectivity index (χ1) is 23.4. The van der Waals surface area contributed by atoms with Gasteiger partial charge in [0, 0.05) is 43.2 Å². The van der Waals surface area contributed by atoms with Gasteiger partial charge in [-0.3, -0.25) is 0 Å². The molecule has 5 rings (SSSR count). The van der Waals surface area contributed by atoms with E-state index < -0.39 is 85.2 Å². The molecule has 0 unspecified atom stereocenters. The second kappa shape index (κ2) is 13.4. The molecule has 268 valence electrons. The SMILES string of the molecule is N#CC1CCN(C(=O)N2CC[C@](c3ccc(C(OCc4c(F)cccc4F)(C(F)(F)F)C(F)(F)F)cc3)(S(=O)(=O)c3ccc(F)cc3)C2)CC1. The Balaban J connectivity index is 1.57. The molecule has 2 saturated heterocycles. The molecule has 1 atom stereocenters. The Hall–Kier alpha value is -4.30. The van der Waals surface area contributed by atoms with Crippen LogP contribution in [0.1, 0.15) is 36.0 Å². The van der Waals surface area contributed by atoms with Crippen molar-refractivity contribution in [2.75, 3.05) is 26.2 Å². The second-order valence-corrected chi connectivity index (χ2v) is 14.3. The quantitative estimate of drug-likeness (QED) is 0.187. The molecule has 2 amide bonds. The lowest BCUT2D eigenvalue weighted by molar-refractivity contribution is -0.392. The number of piperidine rings is 1. The lowest BCUT2D eigenvalue weighted by atomic mass is 9.88. The van der Waals surface area contributed by atoms with Gasteiger partial charge in [-0.1, -0.05) is 30.3 Å². The zero-order valence-electron chi connectivity index (χ0n) is 25.9. The number of amides is 2. The summed E-state index contributed by atoms with van der Waals surface area (Å²) in [6.45, 7) is -2.10. The zero-order chi connectivity index (χ0) is 36.7. The van der Waals surface area contributed by atoms with E-state index in [0.29, 0.717) is 37.1 Å². The summed E-state index contributed by atoms with van der Waals surface area (Å²) in [6.07, 6.45) is -12.0. The van der Waals surface area contributed by atoms with Crippen molar-refractivity contribution in [2.45, 2.75) is 53.5 Å². The Kier molecular flexibility index (Phi) is 9.94. The van der Waals surface area contributed by atoms with E-state index in [1.165, 1.54) is 9.80 Å². The highest BCUT2D eigenvalue weighted by molar-refractivity contribution is 7.92. The van der Waals surface area contributed by atoms with E-state index in [-0.39, 0.29) is 37.5 Å². The topological polar surface area (TPSA) is 90.7 Å². The summed E-state index contributed by atoms with van der Waals surface area (Å²) in [7, 11) is -4.62. The maximum absolute atomic E-state index is 14.5. The summed E-state index contributed by atoms with van der Waals surface area (Å²) in [5.41, 5.74) is -8.12. The average molecular weight is 734 g/mol. The lowest BCUT2D eigenvalue weighted by Crippen LogP contribution is -2.56. The van der Waals surface area contributed by atoms with Gasteiger partial charge in [0.25, 0.3) is 5.60 Å². The molecule has 2 aliphatic heterocycles. The van der Waals surface area contributed by atoms with Crippen LogP contribution in [0, 0.1) is 34.7 Å². The van der Waals surface area contributed by atoms with Gasteiger partial charge in [-0.25, -0.2) is 26.4 Å². The third-order valence-electron chi connectivity index (χ3n) is 9.20. The fourth-order valence-electron chi connectivity index (χ4n) is 6.39. The van der Waals surface area contributed by atoms with Crippen molar-refractivity contribution in [1.29, 1.82) is 5.26 Å². The van der Waals surface area contributed by atoms with Crippen LogP contribution in [0.25, 0.3) is 0 Å². The van der Waals surface area contributed by atoms with Crippen molar-refractivity contribution >= 4 is 15.9 Å². The van der Waals surface area contributed by atoms with Crippen LogP contribution in [0.3, 0.4) is 0 Å². The molecule has 2 heterocycles. The van der Waals surface area contributed by atoms with Gasteiger partial charge >= 0.3 is 18.4 Å². The number of hydrogen-bond donors (Lipinski definition) is 0. The standard InChI is InChI=1S/C33H28F9N3O4S/c34-24-8-10-25(11-9-24)50(47,48)30(14-17-45(20-30)29(46)44-15-12-21(18-43)13-16-44)22-4-6-23(7-5-22)31(32(37,38)39,33(40,41)42)49-19-26-27(35)2-1-3-28(26)36/h1-11,21H,12-17,19-20H2/t30-/m0/s1. The highest BCUT2D eigenvalue weighted by Crippen LogP contribution is 2.54. The summed E-state index contributed by atoms with van der Waals surface area (Å²) >= 11 is 0. The zero-order valence-corrected chi connectivity index (χ0v) is 26.7. The Morgan fingerprint density at radius 3 is 1.92 bits per heavy atom. The van der Waals surface area contributed by atoms with Gasteiger partial charge < -0.3 is 14.5 Å². The van der Waals surface area contributed by atoms with Crippen LogP contribution in [-0.4, -0.2) is 62.8 Å². The number of nitrogens with zero attached hydrogens (tertiary/aromatic N) is 3. The van der Waals surface area contributed by atoms with Crippen molar-refractivity contribution < 1.29 is 57.5 Å². The van der Waals surface area contributed by atoms with Crippen molar-refractivity contribution in [3.05, 3.63) is 101 Å². The van der Waals surface area contributed by atoms with Crippen LogP contribution in [0.5, 0.6) is 0 Å². The number of rotatable bonds is 7. The molecule has 0 aromatic heterocycles. The summed E-state index contributed by atoms with van der Waals surface area (Å²) in [5.74, 6) is -3.94. The fraction of sp³-hybridized carbons (Fsp3) is 0.394. The first-order valence-corrected chi connectivity index (χ1v) is 16.6. The normalized spacial score (nSPS) is 19.4. The molecular weight excluding hydrogens is 705 g/mol. The third-order valence-corrected chi connectivity index (χ3v) is 11.7. The number of alkyl halides is 6. The number of likely N-dealkylation sites (tertiary alicyclic amines) is 2. The molecule has 17 heteroatoms. The van der Waals surface area contributed by atoms with E-state index in [0.717, 1.165) is 42.5 Å². The summed E-state index contributed by atoms with van der Waals surface area (Å²) in [6, 6.07) is 9.50. The third kappa shape index (κ3) is 6.39. The van der Waals surface area contributed by atoms with Crippen LogP contribution in [0.2, 0.25) is 0 Å². The second-order valence-electron chi connectivity index (χ2n) is 12.0. The van der Waals surface area contributed by atoms with Gasteiger partial charge in [0.1, 0.15) is 22.2 Å². The van der Waals surface area contributed by atoms with Crippen molar-refractivity contribution in [3.8, 4) is 6.07 Å². The van der Waals surface area contributed by atoms with Gasteiger partial charge in [0.15, 0.2) is 9.84 Å². The first kappa shape index (κ1) is 37.0. The van der Waals surface area contributed by atoms with Crippen LogP contribution >= 0.6 is 0 Å². The Bertz CT molecular complexity index is 1840. The molecule has 50 heavy (non-hydrogen) atoms. The number of halogens is 9. The summed E-state index contributed by atoms with van der Waals surface area (Å²) < 4.78 is 160. The van der Waals surface area contributed by atoms with Crippen LogP contribution in [0.15, 0.2) is 71.6 Å². The van der Waals surface area contributed by atoms with E-state index in [1.54, 1.807) is 0 Å². The smallest absolute Gasteiger partial charge is 0.349 e. The Labute approximate surface area is 280 Å². The van der Waals surface area contributed by atoms with Crippen molar-refractivity contribution in [2.24, 2.45) is 5.92 Å². The summed E-state index contributed by atoms with van der Waals surface area (Å²) in [4.78, 5) is 15.7. The number of benzene rings is 3. The predicted molar refractivity (Wildman–Crippen MR) is 158 cm³/mol. The monoisotopic (exact) mass is 733 g/mol. The molecule has 0 aliphatic carbocycles. The average Bonchev–Trinajstić information content (AvgIpc) is 3.53. The molecule has 0 radical (unpaired) electrons. The van der Waals surface area contributed by atoms with Gasteiger partial charge in [0.05, 0.1) is 17.6 Å². The van der Waals surface area contributed by atoms with Crippen LogP contribution in [-0.2, 0) is 31.5 Å². The highest BCUT2D eigenvalue weighted by Gasteiger charge is 2.73. The number of carbonyl (C=O) groups is 1. The largest absolute Gasteiger partial charge is 0.430 e. The maximum Gasteiger partial charge on any atom is 0.430 e. The Morgan fingerprint density at radius 1 is 0.840 bits per heavy atom. The predicted octanol–water partition coefficient (Wildman–Crippen LogP) is 7.37. The van der Waals surface area contributed by atoms with E-state index in [4.69, 9.17) is 0 Å². The first-order valence-electron chi connectivity index (χ1n) is 15.1. The van der Waals surface area contributed by atoms with E-state index in [2.05, 4.69) is 10.8 Å². The molecule has 0 saturated carbocycles. The van der Waals surface area contributed by atoms with E-state index >= 15 is 0 Å². The number of nitriles is 1. The van der Waals surface area contributed by atoms with Gasteiger partial charge in [-0.2, -0.15) is 31.6 Å². The molecule has 3 aromatic carbocycles. The minimum atomic E-state index is -6.23. The van der Waals surface area contributed by atoms with Crippen LogP contribution < -0.4 is 0 Å². The fourth-order valence-corrected chi connectivity index (χ4v) is 8.47. The molecule has 2 aliphatic rings. The highest BCUT2D eigenvalue weighted by atomic mass is 32.2. The molecule has 3 aromatic rings. The van der Waals surface area contributed by atoms with E-state index in [9.17, 15) is 58.0 Å².